The van der Waals surface area contributed by atoms with E-state index >= 15 is 0 Å². The third kappa shape index (κ3) is 1.45. The number of rotatable bonds is 1. The van der Waals surface area contributed by atoms with Crippen molar-refractivity contribution in [3.8, 4) is 0 Å². The van der Waals surface area contributed by atoms with Crippen molar-refractivity contribution in [2.75, 3.05) is 13.1 Å². The van der Waals surface area contributed by atoms with Gasteiger partial charge in [0.15, 0.2) is 0 Å². The van der Waals surface area contributed by atoms with Gasteiger partial charge in [-0.15, -0.1) is 0 Å². The fraction of sp³-hybridized carbons (Fsp3) is 0.385. The molecule has 1 unspecified atom stereocenters. The molecule has 1 aromatic heterocycles. The summed E-state index contributed by atoms with van der Waals surface area (Å²) in [5.74, 6) is 0.633. The van der Waals surface area contributed by atoms with Gasteiger partial charge >= 0.3 is 0 Å². The van der Waals surface area contributed by atoms with Crippen molar-refractivity contribution < 1.29 is 0 Å². The van der Waals surface area contributed by atoms with Crippen LogP contribution in [0.4, 0.5) is 0 Å². The molecule has 16 heavy (non-hydrogen) atoms. The summed E-state index contributed by atoms with van der Waals surface area (Å²) in [6.07, 6.45) is 3.22. The number of hydrogen-bond donors (Lipinski definition) is 1. The van der Waals surface area contributed by atoms with Crippen molar-refractivity contribution in [3.63, 3.8) is 0 Å². The number of halogens is 1. The second-order valence-corrected chi connectivity index (χ2v) is 4.93. The van der Waals surface area contributed by atoms with Crippen LogP contribution >= 0.6 is 11.6 Å². The molecule has 0 aliphatic carbocycles. The van der Waals surface area contributed by atoms with Crippen LogP contribution in [0.3, 0.4) is 0 Å². The molecule has 2 heterocycles. The summed E-state index contributed by atoms with van der Waals surface area (Å²) in [5.41, 5.74) is 2.72. The van der Waals surface area contributed by atoms with Gasteiger partial charge in [0.25, 0.3) is 0 Å². The molecule has 0 spiro atoms. The quantitative estimate of drug-likeness (QED) is 0.803. The van der Waals surface area contributed by atoms with Crippen molar-refractivity contribution in [2.24, 2.45) is 7.05 Å². The van der Waals surface area contributed by atoms with Crippen LogP contribution in [0.2, 0.25) is 5.02 Å². The number of benzene rings is 1. The topological polar surface area (TPSA) is 17.0 Å². The van der Waals surface area contributed by atoms with E-state index in [-0.39, 0.29) is 0 Å². The minimum atomic E-state index is 0.633. The highest BCUT2D eigenvalue weighted by molar-refractivity contribution is 6.35. The molecule has 1 aliphatic rings. The van der Waals surface area contributed by atoms with Crippen molar-refractivity contribution in [1.29, 1.82) is 0 Å². The Morgan fingerprint density at radius 3 is 3.06 bits per heavy atom. The lowest BCUT2D eigenvalue weighted by Crippen LogP contribution is -2.08. The van der Waals surface area contributed by atoms with Crippen molar-refractivity contribution in [3.05, 3.63) is 35.0 Å². The lowest BCUT2D eigenvalue weighted by atomic mass is 9.96. The molecule has 2 nitrogen and oxygen atoms in total. The summed E-state index contributed by atoms with van der Waals surface area (Å²) in [5, 5.41) is 5.45. The number of fused-ring (bicyclic) bond motifs is 1. The maximum atomic E-state index is 6.22. The first-order valence-corrected chi connectivity index (χ1v) is 6.09. The molecule has 0 bridgehead atoms. The summed E-state index contributed by atoms with van der Waals surface area (Å²) in [4.78, 5) is 0. The molecule has 1 aromatic carbocycles. The van der Waals surface area contributed by atoms with Gasteiger partial charge < -0.3 is 9.88 Å². The molecular weight excluding hydrogens is 220 g/mol. The summed E-state index contributed by atoms with van der Waals surface area (Å²) < 4.78 is 2.14. The zero-order valence-electron chi connectivity index (χ0n) is 9.33. The standard InChI is InChI=1S/C13H15ClN2/c1-16-8-12(14)11-4-2-3-10(13(11)16)9-5-6-15-7-9/h2-4,8-9,15H,5-7H2,1H3. The molecule has 1 saturated heterocycles. The smallest absolute Gasteiger partial charge is 0.0661 e. The fourth-order valence-electron chi connectivity index (χ4n) is 2.70. The highest BCUT2D eigenvalue weighted by Crippen LogP contribution is 2.33. The summed E-state index contributed by atoms with van der Waals surface area (Å²) in [6.45, 7) is 2.21. The van der Waals surface area contributed by atoms with Gasteiger partial charge in [0.05, 0.1) is 10.5 Å². The van der Waals surface area contributed by atoms with Crippen molar-refractivity contribution in [1.82, 2.24) is 9.88 Å². The minimum absolute atomic E-state index is 0.633. The van der Waals surface area contributed by atoms with Gasteiger partial charge in [0.2, 0.25) is 0 Å². The zero-order chi connectivity index (χ0) is 11.1. The van der Waals surface area contributed by atoms with E-state index < -0.39 is 0 Å². The van der Waals surface area contributed by atoms with Crippen molar-refractivity contribution >= 4 is 22.5 Å². The van der Waals surface area contributed by atoms with Crippen LogP contribution in [0.25, 0.3) is 10.9 Å². The summed E-state index contributed by atoms with van der Waals surface area (Å²) in [6, 6.07) is 6.45. The van der Waals surface area contributed by atoms with Crippen LogP contribution in [-0.2, 0) is 7.05 Å². The third-order valence-corrected chi connectivity index (χ3v) is 3.79. The first-order valence-electron chi connectivity index (χ1n) is 5.71. The van der Waals surface area contributed by atoms with Gasteiger partial charge in [-0.1, -0.05) is 29.8 Å². The molecule has 0 radical (unpaired) electrons. The summed E-state index contributed by atoms with van der Waals surface area (Å²) in [7, 11) is 2.07. The summed E-state index contributed by atoms with van der Waals surface area (Å²) >= 11 is 6.22. The Morgan fingerprint density at radius 2 is 2.31 bits per heavy atom. The second-order valence-electron chi connectivity index (χ2n) is 4.52. The molecule has 0 amide bonds. The van der Waals surface area contributed by atoms with E-state index in [1.807, 2.05) is 6.20 Å². The first-order chi connectivity index (χ1) is 7.77. The molecule has 1 fully saturated rings. The molecule has 1 N–H and O–H groups in total. The normalized spacial score (nSPS) is 20.8. The number of aryl methyl sites for hydroxylation is 1. The van der Waals surface area contributed by atoms with Gasteiger partial charge in [-0.2, -0.15) is 0 Å². The molecule has 3 heteroatoms. The van der Waals surface area contributed by atoms with Crippen LogP contribution in [0.1, 0.15) is 17.9 Å². The van der Waals surface area contributed by atoms with Crippen LogP contribution in [-0.4, -0.2) is 17.7 Å². The SMILES string of the molecule is Cn1cc(Cl)c2cccc(C3CCNC3)c21. The number of nitrogens with one attached hydrogen (secondary N) is 1. The predicted molar refractivity (Wildman–Crippen MR) is 68.2 cm³/mol. The maximum Gasteiger partial charge on any atom is 0.0661 e. The van der Waals surface area contributed by atoms with Crippen LogP contribution in [0.5, 0.6) is 0 Å². The van der Waals surface area contributed by atoms with E-state index in [1.54, 1.807) is 0 Å². The number of aromatic nitrogens is 1. The molecule has 2 aromatic rings. The van der Waals surface area contributed by atoms with Crippen LogP contribution in [0.15, 0.2) is 24.4 Å². The van der Waals surface area contributed by atoms with E-state index in [1.165, 1.54) is 22.9 Å². The first kappa shape index (κ1) is 10.2. The predicted octanol–water partition coefficient (Wildman–Crippen LogP) is 2.91. The van der Waals surface area contributed by atoms with Gasteiger partial charge in [0, 0.05) is 25.2 Å². The Balaban J connectivity index is 2.23. The maximum absolute atomic E-state index is 6.22. The molecular formula is C13H15ClN2. The average molecular weight is 235 g/mol. The average Bonchev–Trinajstić information content (AvgIpc) is 2.88. The third-order valence-electron chi connectivity index (χ3n) is 3.48. The van der Waals surface area contributed by atoms with Crippen LogP contribution in [0, 0.1) is 0 Å². The molecule has 1 aliphatic heterocycles. The second kappa shape index (κ2) is 3.79. The lowest BCUT2D eigenvalue weighted by Gasteiger charge is -2.11. The number of para-hydroxylation sites is 1. The minimum Gasteiger partial charge on any atom is -0.349 e. The molecule has 0 saturated carbocycles. The van der Waals surface area contributed by atoms with Gasteiger partial charge in [0.1, 0.15) is 0 Å². The lowest BCUT2D eigenvalue weighted by molar-refractivity contribution is 0.763. The Kier molecular flexibility index (Phi) is 2.41. The van der Waals surface area contributed by atoms with Gasteiger partial charge in [-0.05, 0) is 24.4 Å². The van der Waals surface area contributed by atoms with E-state index in [0.29, 0.717) is 5.92 Å². The van der Waals surface area contributed by atoms with Crippen LogP contribution < -0.4 is 5.32 Å². The van der Waals surface area contributed by atoms with E-state index in [9.17, 15) is 0 Å². The van der Waals surface area contributed by atoms with E-state index in [0.717, 1.165) is 18.1 Å². The Labute approximate surface area is 100 Å². The van der Waals surface area contributed by atoms with Gasteiger partial charge in [-0.3, -0.25) is 0 Å². The Bertz CT molecular complexity index is 524. The monoisotopic (exact) mass is 234 g/mol. The highest BCUT2D eigenvalue weighted by atomic mass is 35.5. The Hall–Kier alpha value is -0.990. The van der Waals surface area contributed by atoms with E-state index in [4.69, 9.17) is 11.6 Å². The number of hydrogen-bond acceptors (Lipinski definition) is 1. The molecule has 1 atom stereocenters. The molecule has 84 valence electrons. The Morgan fingerprint density at radius 1 is 1.44 bits per heavy atom. The largest absolute Gasteiger partial charge is 0.349 e. The highest BCUT2D eigenvalue weighted by Gasteiger charge is 2.20. The molecule has 3 rings (SSSR count). The fourth-order valence-corrected chi connectivity index (χ4v) is 3.00. The van der Waals surface area contributed by atoms with E-state index in [2.05, 4.69) is 35.1 Å². The van der Waals surface area contributed by atoms with Crippen molar-refractivity contribution in [2.45, 2.75) is 12.3 Å². The number of nitrogens with zero attached hydrogens (tertiary/aromatic N) is 1. The van der Waals surface area contributed by atoms with Gasteiger partial charge in [-0.25, -0.2) is 0 Å². The zero-order valence-corrected chi connectivity index (χ0v) is 10.1.